The molecule has 1 saturated heterocycles. The number of nitrogens with one attached hydrogen (secondary N) is 3. The van der Waals surface area contributed by atoms with E-state index < -0.39 is 17.2 Å². The van der Waals surface area contributed by atoms with Crippen LogP contribution in [0.15, 0.2) is 54.5 Å². The summed E-state index contributed by atoms with van der Waals surface area (Å²) in [5.74, 6) is -0.715. The Balaban J connectivity index is 1.30. The minimum Gasteiger partial charge on any atom is -0.381 e. The van der Waals surface area contributed by atoms with Crippen molar-refractivity contribution in [3.8, 4) is 0 Å². The lowest BCUT2D eigenvalue weighted by Gasteiger charge is -2.31. The highest BCUT2D eigenvalue weighted by Gasteiger charge is 2.48. The molecule has 0 radical (unpaired) electrons. The van der Waals surface area contributed by atoms with Crippen LogP contribution in [0.2, 0.25) is 0 Å². The second-order valence-corrected chi connectivity index (χ2v) is 9.20. The van der Waals surface area contributed by atoms with E-state index >= 15 is 0 Å². The van der Waals surface area contributed by atoms with E-state index in [0.717, 1.165) is 22.3 Å². The maximum atomic E-state index is 13.5. The van der Waals surface area contributed by atoms with Gasteiger partial charge in [-0.2, -0.15) is 5.10 Å². The molecule has 36 heavy (non-hydrogen) atoms. The first-order chi connectivity index (χ1) is 17.5. The first-order valence-electron chi connectivity index (χ1n) is 11.8. The fourth-order valence-electron chi connectivity index (χ4n) is 5.18. The Morgan fingerprint density at radius 2 is 1.97 bits per heavy atom. The Kier molecular flexibility index (Phi) is 5.18. The van der Waals surface area contributed by atoms with Crippen molar-refractivity contribution in [2.45, 2.75) is 24.7 Å². The molecule has 1 fully saturated rings. The molecule has 3 N–H and O–H groups in total. The smallest absolute Gasteiger partial charge is 0.274 e. The van der Waals surface area contributed by atoms with Gasteiger partial charge in [-0.05, 0) is 35.6 Å². The Morgan fingerprint density at radius 1 is 1.17 bits per heavy atom. The van der Waals surface area contributed by atoms with Gasteiger partial charge in [0.15, 0.2) is 0 Å². The van der Waals surface area contributed by atoms with E-state index in [1.807, 2.05) is 24.3 Å². The molecule has 1 aliphatic carbocycles. The van der Waals surface area contributed by atoms with Gasteiger partial charge in [-0.1, -0.05) is 24.3 Å². The number of ether oxygens (including phenoxy) is 1. The number of allylic oxidation sites excluding steroid dienone is 1. The predicted molar refractivity (Wildman–Crippen MR) is 131 cm³/mol. The van der Waals surface area contributed by atoms with Crippen molar-refractivity contribution in [3.05, 3.63) is 76.9 Å². The summed E-state index contributed by atoms with van der Waals surface area (Å²) in [6, 6.07) is 11.0. The van der Waals surface area contributed by atoms with Crippen LogP contribution in [0, 0.1) is 0 Å². The van der Waals surface area contributed by atoms with Gasteiger partial charge in [-0.25, -0.2) is 4.98 Å². The number of amides is 3. The number of benzene rings is 1. The molecule has 0 bridgehead atoms. The second kappa shape index (κ2) is 8.42. The number of pyridine rings is 1. The van der Waals surface area contributed by atoms with Crippen molar-refractivity contribution in [2.24, 2.45) is 7.05 Å². The third-order valence-electron chi connectivity index (χ3n) is 7.22. The Hall–Kier alpha value is -4.31. The summed E-state index contributed by atoms with van der Waals surface area (Å²) < 4.78 is 6.89. The SMILES string of the molecule is Cn1nccc1C(=O)NC(C(=O)Nc1cc2c(cn1)C1(CCOCC1)C(=O)N2)=C1Cc2ccccc21. The highest BCUT2D eigenvalue weighted by atomic mass is 16.5. The Morgan fingerprint density at radius 3 is 2.72 bits per heavy atom. The summed E-state index contributed by atoms with van der Waals surface area (Å²) in [6.07, 6.45) is 4.91. The second-order valence-electron chi connectivity index (χ2n) is 9.20. The van der Waals surface area contributed by atoms with E-state index in [0.29, 0.717) is 43.9 Å². The maximum absolute atomic E-state index is 13.5. The molecule has 10 nitrogen and oxygen atoms in total. The van der Waals surface area contributed by atoms with Gasteiger partial charge in [-0.3, -0.25) is 19.1 Å². The zero-order valence-electron chi connectivity index (χ0n) is 19.6. The molecule has 3 aromatic rings. The summed E-state index contributed by atoms with van der Waals surface area (Å²) in [4.78, 5) is 43.7. The van der Waals surface area contributed by atoms with Crippen molar-refractivity contribution >= 4 is 34.8 Å². The largest absolute Gasteiger partial charge is 0.381 e. The van der Waals surface area contributed by atoms with Crippen LogP contribution in [0.25, 0.3) is 5.57 Å². The highest BCUT2D eigenvalue weighted by molar-refractivity contribution is 6.14. The lowest BCUT2D eigenvalue weighted by molar-refractivity contribution is -0.124. The molecule has 1 aromatic carbocycles. The fraction of sp³-hybridized carbons (Fsp3) is 0.269. The molecular formula is C26H24N6O4. The summed E-state index contributed by atoms with van der Waals surface area (Å²) >= 11 is 0. The molecule has 0 atom stereocenters. The number of carbonyl (C=O) groups excluding carboxylic acids is 3. The van der Waals surface area contributed by atoms with Crippen molar-refractivity contribution in [2.75, 3.05) is 23.8 Å². The van der Waals surface area contributed by atoms with Crippen LogP contribution in [0.1, 0.15) is 40.0 Å². The van der Waals surface area contributed by atoms with Gasteiger partial charge in [0.25, 0.3) is 11.8 Å². The number of hydrogen-bond donors (Lipinski definition) is 3. The van der Waals surface area contributed by atoms with Crippen molar-refractivity contribution in [1.82, 2.24) is 20.1 Å². The normalized spacial score (nSPS) is 18.5. The molecule has 3 aliphatic rings. The van der Waals surface area contributed by atoms with Crippen molar-refractivity contribution in [3.63, 3.8) is 0 Å². The van der Waals surface area contributed by atoms with Crippen LogP contribution >= 0.6 is 0 Å². The number of fused-ring (bicyclic) bond motifs is 3. The molecule has 2 aliphatic heterocycles. The van der Waals surface area contributed by atoms with Gasteiger partial charge in [0, 0.05) is 50.7 Å². The first kappa shape index (κ1) is 22.2. The van der Waals surface area contributed by atoms with Gasteiger partial charge in [-0.15, -0.1) is 0 Å². The molecule has 3 amide bonds. The van der Waals surface area contributed by atoms with Crippen LogP contribution < -0.4 is 16.0 Å². The van der Waals surface area contributed by atoms with Gasteiger partial charge in [0.1, 0.15) is 17.2 Å². The zero-order valence-corrected chi connectivity index (χ0v) is 19.6. The van der Waals surface area contributed by atoms with E-state index in [2.05, 4.69) is 26.0 Å². The summed E-state index contributed by atoms with van der Waals surface area (Å²) in [5.41, 5.74) is 4.08. The van der Waals surface area contributed by atoms with Crippen LogP contribution in [-0.4, -0.2) is 45.7 Å². The Labute approximate surface area is 206 Å². The lowest BCUT2D eigenvalue weighted by atomic mass is 9.76. The Bertz CT molecular complexity index is 1450. The monoisotopic (exact) mass is 484 g/mol. The zero-order chi connectivity index (χ0) is 24.9. The summed E-state index contributed by atoms with van der Waals surface area (Å²) in [5, 5.41) is 12.6. The average Bonchev–Trinajstić information content (AvgIpc) is 3.40. The van der Waals surface area contributed by atoms with Crippen molar-refractivity contribution < 1.29 is 19.1 Å². The van der Waals surface area contributed by atoms with E-state index in [-0.39, 0.29) is 17.4 Å². The lowest BCUT2D eigenvalue weighted by Crippen LogP contribution is -2.40. The third kappa shape index (κ3) is 3.49. The molecule has 0 unspecified atom stereocenters. The quantitative estimate of drug-likeness (QED) is 0.487. The molecular weight excluding hydrogens is 460 g/mol. The molecule has 6 rings (SSSR count). The molecule has 10 heteroatoms. The molecule has 2 aromatic heterocycles. The number of anilines is 2. The maximum Gasteiger partial charge on any atom is 0.274 e. The van der Waals surface area contributed by atoms with Crippen LogP contribution in [0.4, 0.5) is 11.5 Å². The van der Waals surface area contributed by atoms with Gasteiger partial charge in [0.05, 0.1) is 11.1 Å². The van der Waals surface area contributed by atoms with Crippen LogP contribution in [0.3, 0.4) is 0 Å². The molecule has 1 spiro atoms. The number of rotatable bonds is 4. The standard InChI is InChI=1S/C26H24N6O4/c1-32-20(6-9-28-32)23(33)31-22(17-12-15-4-2-3-5-16(15)17)24(34)30-21-13-19-18(14-27-21)26(25(35)29-19)7-10-36-11-8-26/h2-6,9,13-14H,7-8,10-12H2,1H3,(H,29,35)(H,31,33)(H,27,30,34). The van der Waals surface area contributed by atoms with E-state index in [9.17, 15) is 14.4 Å². The average molecular weight is 485 g/mol. The third-order valence-corrected chi connectivity index (χ3v) is 7.22. The van der Waals surface area contributed by atoms with E-state index in [1.54, 1.807) is 25.4 Å². The van der Waals surface area contributed by atoms with E-state index in [4.69, 9.17) is 4.74 Å². The molecule has 182 valence electrons. The molecule has 4 heterocycles. The fourth-order valence-corrected chi connectivity index (χ4v) is 5.18. The summed E-state index contributed by atoms with van der Waals surface area (Å²) in [6.45, 7) is 1.03. The minimum absolute atomic E-state index is 0.0663. The number of aryl methyl sites for hydroxylation is 1. The van der Waals surface area contributed by atoms with Gasteiger partial charge >= 0.3 is 0 Å². The first-order valence-corrected chi connectivity index (χ1v) is 11.8. The van der Waals surface area contributed by atoms with E-state index in [1.165, 1.54) is 10.9 Å². The predicted octanol–water partition coefficient (Wildman–Crippen LogP) is 2.15. The van der Waals surface area contributed by atoms with Gasteiger partial charge in [0.2, 0.25) is 5.91 Å². The molecule has 0 saturated carbocycles. The number of hydrogen-bond acceptors (Lipinski definition) is 6. The number of aromatic nitrogens is 3. The van der Waals surface area contributed by atoms with Crippen LogP contribution in [-0.2, 0) is 33.2 Å². The topological polar surface area (TPSA) is 127 Å². The minimum atomic E-state index is -0.636. The summed E-state index contributed by atoms with van der Waals surface area (Å²) in [7, 11) is 1.66. The number of carbonyl (C=O) groups is 3. The highest BCUT2D eigenvalue weighted by Crippen LogP contribution is 2.44. The van der Waals surface area contributed by atoms with Gasteiger partial charge < -0.3 is 20.7 Å². The number of nitrogens with zero attached hydrogens (tertiary/aromatic N) is 3. The van der Waals surface area contributed by atoms with Crippen molar-refractivity contribution in [1.29, 1.82) is 0 Å². The van der Waals surface area contributed by atoms with Crippen LogP contribution in [0.5, 0.6) is 0 Å².